The van der Waals surface area contributed by atoms with Crippen LogP contribution in [-0.2, 0) is 4.79 Å². The van der Waals surface area contributed by atoms with Crippen LogP contribution in [0.25, 0.3) is 0 Å². The van der Waals surface area contributed by atoms with Crippen LogP contribution in [0.15, 0.2) is 53.4 Å². The highest BCUT2D eigenvalue weighted by Crippen LogP contribution is 2.21. The Hall–Kier alpha value is -2.14. The summed E-state index contributed by atoms with van der Waals surface area (Å²) in [4.78, 5) is 24.6. The van der Waals surface area contributed by atoms with Gasteiger partial charge in [-0.1, -0.05) is 13.3 Å². The molecule has 1 amide bonds. The van der Waals surface area contributed by atoms with Gasteiger partial charge < -0.3 is 5.32 Å². The van der Waals surface area contributed by atoms with Crippen LogP contribution in [-0.4, -0.2) is 17.4 Å². The van der Waals surface area contributed by atoms with Crippen LogP contribution in [0.5, 0.6) is 0 Å². The predicted molar refractivity (Wildman–Crippen MR) is 96.1 cm³/mol. The number of amides is 1. The zero-order chi connectivity index (χ0) is 17.4. The fraction of sp³-hybridized carbons (Fsp3) is 0.263. The maximum Gasteiger partial charge on any atom is 0.224 e. The molecule has 0 aliphatic heterocycles. The minimum absolute atomic E-state index is 0.0174. The van der Waals surface area contributed by atoms with Gasteiger partial charge in [-0.05, 0) is 55.0 Å². The molecular formula is C19H20FNO2S. The molecule has 2 rings (SSSR count). The number of hydrogen-bond donors (Lipinski definition) is 1. The van der Waals surface area contributed by atoms with E-state index in [0.29, 0.717) is 12.0 Å². The average Bonchev–Trinajstić information content (AvgIpc) is 2.59. The second-order valence-electron chi connectivity index (χ2n) is 5.39. The van der Waals surface area contributed by atoms with E-state index < -0.39 is 0 Å². The molecule has 24 heavy (non-hydrogen) atoms. The van der Waals surface area contributed by atoms with Gasteiger partial charge in [0.05, 0.1) is 5.75 Å². The molecule has 5 heteroatoms. The predicted octanol–water partition coefficient (Wildman–Crippen LogP) is 4.93. The number of rotatable bonds is 8. The summed E-state index contributed by atoms with van der Waals surface area (Å²) in [5.74, 6) is -0.0927. The molecule has 2 aromatic carbocycles. The standard InChI is InChI=1S/C19H20FNO2S/c1-2-3-4-19(23)21-16-9-11-17(12-10-16)24-13-18(22)14-5-7-15(20)8-6-14/h5-12H,2-4,13H2,1H3,(H,21,23). The van der Waals surface area contributed by atoms with E-state index in [1.165, 1.54) is 36.0 Å². The lowest BCUT2D eigenvalue weighted by molar-refractivity contribution is -0.116. The van der Waals surface area contributed by atoms with Crippen molar-refractivity contribution in [2.24, 2.45) is 0 Å². The molecule has 126 valence electrons. The van der Waals surface area contributed by atoms with Crippen LogP contribution in [0.1, 0.15) is 36.5 Å². The third kappa shape index (κ3) is 5.81. The summed E-state index contributed by atoms with van der Waals surface area (Å²) < 4.78 is 12.9. The van der Waals surface area contributed by atoms with Gasteiger partial charge in [0.15, 0.2) is 5.78 Å². The van der Waals surface area contributed by atoms with E-state index in [2.05, 4.69) is 5.32 Å². The number of hydrogen-bond acceptors (Lipinski definition) is 3. The highest BCUT2D eigenvalue weighted by Gasteiger charge is 2.07. The molecule has 0 aromatic heterocycles. The van der Waals surface area contributed by atoms with Crippen molar-refractivity contribution in [2.75, 3.05) is 11.1 Å². The summed E-state index contributed by atoms with van der Waals surface area (Å²) in [6, 6.07) is 13.0. The highest BCUT2D eigenvalue weighted by atomic mass is 32.2. The van der Waals surface area contributed by atoms with Gasteiger partial charge in [-0.25, -0.2) is 4.39 Å². The minimum atomic E-state index is -0.351. The summed E-state index contributed by atoms with van der Waals surface area (Å²) in [6.07, 6.45) is 2.40. The van der Waals surface area contributed by atoms with Crippen molar-refractivity contribution in [3.63, 3.8) is 0 Å². The molecule has 0 saturated heterocycles. The minimum Gasteiger partial charge on any atom is -0.326 e. The topological polar surface area (TPSA) is 46.2 Å². The largest absolute Gasteiger partial charge is 0.326 e. The fourth-order valence-corrected chi connectivity index (χ4v) is 2.86. The van der Waals surface area contributed by atoms with E-state index in [9.17, 15) is 14.0 Å². The number of thioether (sulfide) groups is 1. The van der Waals surface area contributed by atoms with Crippen LogP contribution in [0.3, 0.4) is 0 Å². The van der Waals surface area contributed by atoms with E-state index >= 15 is 0 Å². The Morgan fingerprint density at radius 3 is 2.33 bits per heavy atom. The first-order chi connectivity index (χ1) is 11.6. The molecule has 0 aliphatic carbocycles. The molecule has 2 aromatic rings. The number of benzene rings is 2. The molecule has 0 fully saturated rings. The van der Waals surface area contributed by atoms with Gasteiger partial charge >= 0.3 is 0 Å². The lowest BCUT2D eigenvalue weighted by atomic mass is 10.1. The third-order valence-corrected chi connectivity index (χ3v) is 4.44. The summed E-state index contributed by atoms with van der Waals surface area (Å²) in [7, 11) is 0. The first-order valence-electron chi connectivity index (χ1n) is 7.90. The third-order valence-electron chi connectivity index (χ3n) is 3.43. The molecule has 0 heterocycles. The lowest BCUT2D eigenvalue weighted by Crippen LogP contribution is -2.10. The molecular weight excluding hydrogens is 325 g/mol. The molecule has 0 atom stereocenters. The molecule has 0 aliphatic rings. The maximum atomic E-state index is 12.9. The summed E-state index contributed by atoms with van der Waals surface area (Å²) in [6.45, 7) is 2.05. The number of anilines is 1. The quantitative estimate of drug-likeness (QED) is 0.545. The number of halogens is 1. The van der Waals surface area contributed by atoms with E-state index in [-0.39, 0.29) is 23.3 Å². The molecule has 0 spiro atoms. The number of Topliss-reactive ketones (excluding diaryl/α,β-unsaturated/α-hetero) is 1. The van der Waals surface area contributed by atoms with Gasteiger partial charge in [0.2, 0.25) is 5.91 Å². The van der Waals surface area contributed by atoms with E-state index in [0.717, 1.165) is 23.4 Å². The van der Waals surface area contributed by atoms with Gasteiger partial charge in [-0.15, -0.1) is 11.8 Å². The van der Waals surface area contributed by atoms with Gasteiger partial charge in [0.1, 0.15) is 5.82 Å². The van der Waals surface area contributed by atoms with Crippen molar-refractivity contribution in [2.45, 2.75) is 31.1 Å². The average molecular weight is 345 g/mol. The van der Waals surface area contributed by atoms with Crippen molar-refractivity contribution in [3.05, 3.63) is 59.9 Å². The van der Waals surface area contributed by atoms with E-state index in [1.807, 2.05) is 31.2 Å². The molecule has 1 N–H and O–H groups in total. The van der Waals surface area contributed by atoms with Crippen molar-refractivity contribution in [1.29, 1.82) is 0 Å². The van der Waals surface area contributed by atoms with Crippen LogP contribution >= 0.6 is 11.8 Å². The lowest BCUT2D eigenvalue weighted by Gasteiger charge is -2.06. The summed E-state index contributed by atoms with van der Waals surface area (Å²) >= 11 is 1.41. The zero-order valence-corrected chi connectivity index (χ0v) is 14.4. The van der Waals surface area contributed by atoms with Crippen LogP contribution in [0.4, 0.5) is 10.1 Å². The van der Waals surface area contributed by atoms with Gasteiger partial charge in [-0.3, -0.25) is 9.59 Å². The Kier molecular flexibility index (Phi) is 7.00. The van der Waals surface area contributed by atoms with E-state index in [4.69, 9.17) is 0 Å². The van der Waals surface area contributed by atoms with Crippen molar-refractivity contribution >= 4 is 29.1 Å². The number of unbranched alkanes of at least 4 members (excludes halogenated alkanes) is 1. The molecule has 0 unspecified atom stereocenters. The van der Waals surface area contributed by atoms with Gasteiger partial charge in [0.25, 0.3) is 0 Å². The molecule has 3 nitrogen and oxygen atoms in total. The summed E-state index contributed by atoms with van der Waals surface area (Å²) in [5, 5.41) is 2.85. The monoisotopic (exact) mass is 345 g/mol. The smallest absolute Gasteiger partial charge is 0.224 e. The van der Waals surface area contributed by atoms with Crippen LogP contribution < -0.4 is 5.32 Å². The van der Waals surface area contributed by atoms with E-state index in [1.54, 1.807) is 0 Å². The van der Waals surface area contributed by atoms with Crippen molar-refractivity contribution in [1.82, 2.24) is 0 Å². The summed E-state index contributed by atoms with van der Waals surface area (Å²) in [5.41, 5.74) is 1.26. The van der Waals surface area contributed by atoms with Gasteiger partial charge in [-0.2, -0.15) is 0 Å². The second-order valence-corrected chi connectivity index (χ2v) is 6.44. The number of nitrogens with one attached hydrogen (secondary N) is 1. The number of carbonyl (C=O) groups is 2. The maximum absolute atomic E-state index is 12.9. The SMILES string of the molecule is CCCCC(=O)Nc1ccc(SCC(=O)c2ccc(F)cc2)cc1. The van der Waals surface area contributed by atoms with Crippen LogP contribution in [0.2, 0.25) is 0 Å². The Bertz CT molecular complexity index is 684. The number of ketones is 1. The Labute approximate surface area is 145 Å². The zero-order valence-electron chi connectivity index (χ0n) is 13.5. The number of carbonyl (C=O) groups excluding carboxylic acids is 2. The Morgan fingerprint density at radius 2 is 1.71 bits per heavy atom. The van der Waals surface area contributed by atoms with Gasteiger partial charge in [0, 0.05) is 22.6 Å². The van der Waals surface area contributed by atoms with Crippen LogP contribution in [0, 0.1) is 5.82 Å². The molecule has 0 radical (unpaired) electrons. The first kappa shape index (κ1) is 18.2. The Morgan fingerprint density at radius 1 is 1.04 bits per heavy atom. The normalized spacial score (nSPS) is 10.4. The fourth-order valence-electron chi connectivity index (χ4n) is 2.06. The first-order valence-corrected chi connectivity index (χ1v) is 8.88. The van der Waals surface area contributed by atoms with Crippen molar-refractivity contribution in [3.8, 4) is 0 Å². The second kappa shape index (κ2) is 9.23. The molecule has 0 bridgehead atoms. The Balaban J connectivity index is 1.84. The van der Waals surface area contributed by atoms with Crippen molar-refractivity contribution < 1.29 is 14.0 Å². The highest BCUT2D eigenvalue weighted by molar-refractivity contribution is 8.00. The molecule has 0 saturated carbocycles.